The molecule has 0 fully saturated rings. The molecule has 0 saturated heterocycles. The molecule has 3 heteroatoms. The normalized spacial score (nSPS) is 12.6. The molecule has 0 spiro atoms. The third kappa shape index (κ3) is 3.41. The van der Waals surface area contributed by atoms with Gasteiger partial charge in [0.2, 0.25) is 0 Å². The topological polar surface area (TPSA) is 12.0 Å². The van der Waals surface area contributed by atoms with Crippen LogP contribution in [0.25, 0.3) is 0 Å². The van der Waals surface area contributed by atoms with E-state index in [-0.39, 0.29) is 0 Å². The summed E-state index contributed by atoms with van der Waals surface area (Å²) in [4.78, 5) is 1.38. The van der Waals surface area contributed by atoms with E-state index in [1.807, 2.05) is 7.05 Å². The first-order valence-corrected chi connectivity index (χ1v) is 7.33. The van der Waals surface area contributed by atoms with Crippen LogP contribution in [0.15, 0.2) is 40.2 Å². The summed E-state index contributed by atoms with van der Waals surface area (Å²) in [5.41, 5.74) is 2.71. The molecule has 1 atom stereocenters. The van der Waals surface area contributed by atoms with E-state index in [1.165, 1.54) is 20.5 Å². The van der Waals surface area contributed by atoms with Crippen molar-refractivity contribution in [2.75, 3.05) is 7.05 Å². The summed E-state index contributed by atoms with van der Waals surface area (Å²) in [5.74, 6) is 0. The maximum Gasteiger partial charge on any atom is 0.0453 e. The van der Waals surface area contributed by atoms with Gasteiger partial charge >= 0.3 is 0 Å². The summed E-state index contributed by atoms with van der Waals surface area (Å²) >= 11 is 5.31. The Labute approximate surface area is 115 Å². The first-order chi connectivity index (χ1) is 8.19. The zero-order valence-corrected chi connectivity index (χ0v) is 12.4. The lowest BCUT2D eigenvalue weighted by Gasteiger charge is -2.14. The van der Waals surface area contributed by atoms with Crippen molar-refractivity contribution in [3.63, 3.8) is 0 Å². The zero-order chi connectivity index (χ0) is 12.3. The van der Waals surface area contributed by atoms with Gasteiger partial charge in [0.1, 0.15) is 0 Å². The highest BCUT2D eigenvalue weighted by Gasteiger charge is 2.12. The predicted octanol–water partition coefficient (Wildman–Crippen LogP) is 4.32. The van der Waals surface area contributed by atoms with Gasteiger partial charge in [-0.1, -0.05) is 29.8 Å². The highest BCUT2D eigenvalue weighted by molar-refractivity contribution is 9.10. The van der Waals surface area contributed by atoms with Crippen LogP contribution in [0.3, 0.4) is 0 Å². The Morgan fingerprint density at radius 1 is 1.35 bits per heavy atom. The lowest BCUT2D eigenvalue weighted by molar-refractivity contribution is 0.602. The summed E-state index contributed by atoms with van der Waals surface area (Å²) in [6, 6.07) is 11.3. The van der Waals surface area contributed by atoms with E-state index in [2.05, 4.69) is 63.9 Å². The van der Waals surface area contributed by atoms with Gasteiger partial charge in [-0.2, -0.15) is 0 Å². The van der Waals surface area contributed by atoms with Gasteiger partial charge in [-0.05, 0) is 48.0 Å². The quantitative estimate of drug-likeness (QED) is 0.886. The molecule has 17 heavy (non-hydrogen) atoms. The molecule has 1 aromatic heterocycles. The first-order valence-electron chi connectivity index (χ1n) is 5.66. The van der Waals surface area contributed by atoms with Crippen molar-refractivity contribution in [2.24, 2.45) is 0 Å². The van der Waals surface area contributed by atoms with Crippen LogP contribution < -0.4 is 5.32 Å². The van der Waals surface area contributed by atoms with Crippen LogP contribution in [0.4, 0.5) is 0 Å². The number of benzene rings is 1. The van der Waals surface area contributed by atoms with Gasteiger partial charge < -0.3 is 5.32 Å². The molecule has 0 aliphatic carbocycles. The number of hydrogen-bond acceptors (Lipinski definition) is 2. The average molecular weight is 310 g/mol. The molecule has 2 rings (SSSR count). The van der Waals surface area contributed by atoms with Crippen molar-refractivity contribution in [1.29, 1.82) is 0 Å². The zero-order valence-electron chi connectivity index (χ0n) is 10.0. The minimum atomic E-state index is 0.396. The molecule has 1 nitrogen and oxygen atoms in total. The number of aryl methyl sites for hydroxylation is 1. The molecule has 90 valence electrons. The number of hydrogen-bond donors (Lipinski definition) is 1. The van der Waals surface area contributed by atoms with Crippen molar-refractivity contribution >= 4 is 27.3 Å². The van der Waals surface area contributed by atoms with Crippen LogP contribution in [0.1, 0.15) is 22.0 Å². The second-order valence-corrected chi connectivity index (χ2v) is 6.06. The lowest BCUT2D eigenvalue weighted by atomic mass is 10.0. The number of halogens is 1. The van der Waals surface area contributed by atoms with E-state index in [4.69, 9.17) is 0 Å². The summed E-state index contributed by atoms with van der Waals surface area (Å²) in [6.45, 7) is 2.14. The summed E-state index contributed by atoms with van der Waals surface area (Å²) in [7, 11) is 2.02. The van der Waals surface area contributed by atoms with E-state index in [0.29, 0.717) is 6.04 Å². The minimum absolute atomic E-state index is 0.396. The molecule has 0 saturated carbocycles. The molecule has 1 aromatic carbocycles. The average Bonchev–Trinajstić information content (AvgIpc) is 2.73. The summed E-state index contributed by atoms with van der Waals surface area (Å²) < 4.78 is 1.17. The fraction of sp³-hybridized carbons (Fsp3) is 0.286. The standard InChI is InChI=1S/C14H16BrNS/c1-10-4-3-5-11(6-10)7-13(16-2)14-8-12(15)9-17-14/h3-6,8-9,13,16H,7H2,1-2H3. The molecule has 2 aromatic rings. The Morgan fingerprint density at radius 2 is 2.18 bits per heavy atom. The number of nitrogens with one attached hydrogen (secondary N) is 1. The molecule has 0 bridgehead atoms. The van der Waals surface area contributed by atoms with Crippen molar-refractivity contribution in [3.8, 4) is 0 Å². The molecule has 0 amide bonds. The number of rotatable bonds is 4. The van der Waals surface area contributed by atoms with Gasteiger partial charge in [0, 0.05) is 20.8 Å². The van der Waals surface area contributed by atoms with Crippen LogP contribution in [0, 0.1) is 6.92 Å². The fourth-order valence-electron chi connectivity index (χ4n) is 1.93. The van der Waals surface area contributed by atoms with Crippen LogP contribution >= 0.6 is 27.3 Å². The maximum atomic E-state index is 3.51. The maximum absolute atomic E-state index is 3.51. The molecular formula is C14H16BrNS. The molecule has 1 heterocycles. The van der Waals surface area contributed by atoms with Gasteiger partial charge in [-0.3, -0.25) is 0 Å². The van der Waals surface area contributed by atoms with E-state index in [9.17, 15) is 0 Å². The predicted molar refractivity (Wildman–Crippen MR) is 78.7 cm³/mol. The largest absolute Gasteiger partial charge is 0.312 e. The SMILES string of the molecule is CNC(Cc1cccc(C)c1)c1cc(Br)cs1. The Hall–Kier alpha value is -0.640. The van der Waals surface area contributed by atoms with E-state index >= 15 is 0 Å². The van der Waals surface area contributed by atoms with Crippen LogP contribution in [0.2, 0.25) is 0 Å². The smallest absolute Gasteiger partial charge is 0.0453 e. The van der Waals surface area contributed by atoms with Gasteiger partial charge in [-0.15, -0.1) is 11.3 Å². The summed E-state index contributed by atoms with van der Waals surface area (Å²) in [6.07, 6.45) is 1.03. The first kappa shape index (κ1) is 12.8. The van der Waals surface area contributed by atoms with Crippen molar-refractivity contribution in [1.82, 2.24) is 5.32 Å². The fourth-order valence-corrected chi connectivity index (χ4v) is 3.49. The monoisotopic (exact) mass is 309 g/mol. The Bertz CT molecular complexity index is 492. The third-order valence-corrected chi connectivity index (χ3v) is 4.61. The van der Waals surface area contributed by atoms with E-state index in [1.54, 1.807) is 11.3 Å². The molecule has 1 N–H and O–H groups in total. The Kier molecular flexibility index (Phi) is 4.37. The number of likely N-dealkylation sites (N-methyl/N-ethyl adjacent to an activating group) is 1. The third-order valence-electron chi connectivity index (χ3n) is 2.80. The van der Waals surface area contributed by atoms with Crippen LogP contribution in [0.5, 0.6) is 0 Å². The van der Waals surface area contributed by atoms with Crippen molar-refractivity contribution in [2.45, 2.75) is 19.4 Å². The van der Waals surface area contributed by atoms with Crippen molar-refractivity contribution in [3.05, 3.63) is 56.2 Å². The highest BCUT2D eigenvalue weighted by Crippen LogP contribution is 2.27. The molecule has 0 aliphatic rings. The van der Waals surface area contributed by atoms with E-state index in [0.717, 1.165) is 6.42 Å². The lowest BCUT2D eigenvalue weighted by Crippen LogP contribution is -2.17. The molecule has 0 aliphatic heterocycles. The molecular weight excluding hydrogens is 294 g/mol. The van der Waals surface area contributed by atoms with Gasteiger partial charge in [-0.25, -0.2) is 0 Å². The second-order valence-electron chi connectivity index (χ2n) is 4.20. The van der Waals surface area contributed by atoms with Gasteiger partial charge in [0.05, 0.1) is 0 Å². The molecule has 0 radical (unpaired) electrons. The van der Waals surface area contributed by atoms with Crippen molar-refractivity contribution < 1.29 is 0 Å². The second kappa shape index (κ2) is 5.80. The Morgan fingerprint density at radius 3 is 2.76 bits per heavy atom. The van der Waals surface area contributed by atoms with Gasteiger partial charge in [0.25, 0.3) is 0 Å². The Balaban J connectivity index is 2.15. The summed E-state index contributed by atoms with van der Waals surface area (Å²) in [5, 5.41) is 5.52. The van der Waals surface area contributed by atoms with E-state index < -0.39 is 0 Å². The van der Waals surface area contributed by atoms with Crippen LogP contribution in [-0.4, -0.2) is 7.05 Å². The number of thiophene rings is 1. The highest BCUT2D eigenvalue weighted by atomic mass is 79.9. The van der Waals surface area contributed by atoms with Gasteiger partial charge in [0.15, 0.2) is 0 Å². The molecule has 1 unspecified atom stereocenters. The minimum Gasteiger partial charge on any atom is -0.312 e. The van der Waals surface area contributed by atoms with Crippen LogP contribution in [-0.2, 0) is 6.42 Å².